The summed E-state index contributed by atoms with van der Waals surface area (Å²) in [7, 11) is 1.62. The summed E-state index contributed by atoms with van der Waals surface area (Å²) in [6, 6.07) is 13.8. The molecule has 0 saturated carbocycles. The van der Waals surface area contributed by atoms with Gasteiger partial charge in [-0.15, -0.1) is 0 Å². The van der Waals surface area contributed by atoms with E-state index in [1.807, 2.05) is 24.3 Å². The van der Waals surface area contributed by atoms with E-state index in [0.717, 1.165) is 24.4 Å². The van der Waals surface area contributed by atoms with Crippen molar-refractivity contribution in [1.82, 2.24) is 10.2 Å². The first-order valence-electron chi connectivity index (χ1n) is 9.33. The number of nitrogens with one attached hydrogen (secondary N) is 1. The number of morpholine rings is 1. The molecule has 1 amide bonds. The summed E-state index contributed by atoms with van der Waals surface area (Å²) in [6.45, 7) is 3.71. The molecule has 148 valence electrons. The Balaban J connectivity index is 1.71. The average Bonchev–Trinajstić information content (AvgIpc) is 2.73. The van der Waals surface area contributed by atoms with E-state index in [0.29, 0.717) is 25.3 Å². The lowest BCUT2D eigenvalue weighted by molar-refractivity contribution is -0.117. The lowest BCUT2D eigenvalue weighted by Gasteiger charge is -2.31. The highest BCUT2D eigenvalue weighted by molar-refractivity contribution is 5.92. The highest BCUT2D eigenvalue weighted by Crippen LogP contribution is 2.19. The van der Waals surface area contributed by atoms with E-state index in [-0.39, 0.29) is 17.8 Å². The number of nitrogens with zero attached hydrogens (tertiary/aromatic N) is 1. The molecule has 1 aliphatic rings. The van der Waals surface area contributed by atoms with Crippen LogP contribution in [0, 0.1) is 5.82 Å². The molecule has 2 aromatic carbocycles. The van der Waals surface area contributed by atoms with Gasteiger partial charge in [-0.1, -0.05) is 30.3 Å². The zero-order chi connectivity index (χ0) is 19.8. The molecule has 5 nitrogen and oxygen atoms in total. The molecule has 1 saturated heterocycles. The van der Waals surface area contributed by atoms with Crippen LogP contribution in [-0.2, 0) is 9.53 Å². The van der Waals surface area contributed by atoms with Gasteiger partial charge in [0.15, 0.2) is 0 Å². The Labute approximate surface area is 164 Å². The smallest absolute Gasteiger partial charge is 0.244 e. The molecule has 0 spiro atoms. The maximum Gasteiger partial charge on any atom is 0.244 e. The Morgan fingerprint density at radius 1 is 1.21 bits per heavy atom. The Morgan fingerprint density at radius 3 is 2.61 bits per heavy atom. The minimum atomic E-state index is -0.355. The number of ether oxygens (including phenoxy) is 2. The summed E-state index contributed by atoms with van der Waals surface area (Å²) in [5.41, 5.74) is 1.37. The van der Waals surface area contributed by atoms with Crippen LogP contribution in [0.1, 0.15) is 17.2 Å². The van der Waals surface area contributed by atoms with Gasteiger partial charge in [-0.3, -0.25) is 9.69 Å². The van der Waals surface area contributed by atoms with Gasteiger partial charge in [0.25, 0.3) is 0 Å². The zero-order valence-corrected chi connectivity index (χ0v) is 15.9. The van der Waals surface area contributed by atoms with Crippen LogP contribution in [0.25, 0.3) is 6.08 Å². The van der Waals surface area contributed by atoms with Crippen molar-refractivity contribution >= 4 is 12.0 Å². The molecule has 28 heavy (non-hydrogen) atoms. The molecule has 1 atom stereocenters. The first-order valence-corrected chi connectivity index (χ1v) is 9.33. The molecular formula is C22H25FN2O3. The molecule has 0 bridgehead atoms. The van der Waals surface area contributed by atoms with Crippen LogP contribution in [0.2, 0.25) is 0 Å². The van der Waals surface area contributed by atoms with E-state index in [2.05, 4.69) is 10.2 Å². The van der Waals surface area contributed by atoms with Crippen molar-refractivity contribution in [2.75, 3.05) is 40.0 Å². The number of rotatable bonds is 7. The van der Waals surface area contributed by atoms with Crippen molar-refractivity contribution in [1.29, 1.82) is 0 Å². The largest absolute Gasteiger partial charge is 0.497 e. The van der Waals surface area contributed by atoms with Gasteiger partial charge in [0.1, 0.15) is 11.6 Å². The highest BCUT2D eigenvalue weighted by atomic mass is 19.1. The van der Waals surface area contributed by atoms with Crippen molar-refractivity contribution in [2.24, 2.45) is 0 Å². The predicted molar refractivity (Wildman–Crippen MR) is 107 cm³/mol. The lowest BCUT2D eigenvalue weighted by atomic mass is 10.1. The number of amides is 1. The van der Waals surface area contributed by atoms with Crippen LogP contribution >= 0.6 is 0 Å². The van der Waals surface area contributed by atoms with Gasteiger partial charge in [-0.05, 0) is 29.8 Å². The second-order valence-corrected chi connectivity index (χ2v) is 6.60. The van der Waals surface area contributed by atoms with Crippen LogP contribution in [0.4, 0.5) is 4.39 Å². The third kappa shape index (κ3) is 5.65. The van der Waals surface area contributed by atoms with Crippen LogP contribution < -0.4 is 10.1 Å². The van der Waals surface area contributed by atoms with Gasteiger partial charge in [0.2, 0.25) is 5.91 Å². The summed E-state index contributed by atoms with van der Waals surface area (Å²) in [6.07, 6.45) is 2.86. The lowest BCUT2D eigenvalue weighted by Crippen LogP contribution is -2.42. The molecule has 6 heteroatoms. The first-order chi connectivity index (χ1) is 13.7. The normalized spacial score (nSPS) is 16.1. The molecule has 0 aliphatic carbocycles. The van der Waals surface area contributed by atoms with E-state index in [4.69, 9.17) is 9.47 Å². The molecular weight excluding hydrogens is 359 g/mol. The van der Waals surface area contributed by atoms with Gasteiger partial charge in [0, 0.05) is 31.3 Å². The van der Waals surface area contributed by atoms with Crippen LogP contribution in [0.5, 0.6) is 5.75 Å². The number of methoxy groups -OCH3 is 1. The van der Waals surface area contributed by atoms with Gasteiger partial charge >= 0.3 is 0 Å². The fraction of sp³-hybridized carbons (Fsp3) is 0.318. The minimum Gasteiger partial charge on any atom is -0.497 e. The number of carbonyl (C=O) groups excluding carboxylic acids is 1. The van der Waals surface area contributed by atoms with E-state index in [1.54, 1.807) is 25.3 Å². The summed E-state index contributed by atoms with van der Waals surface area (Å²) in [5.74, 6) is 0.142. The van der Waals surface area contributed by atoms with E-state index in [9.17, 15) is 9.18 Å². The summed E-state index contributed by atoms with van der Waals surface area (Å²) in [4.78, 5) is 14.8. The molecule has 0 aromatic heterocycles. The van der Waals surface area contributed by atoms with E-state index >= 15 is 0 Å². The molecule has 1 N–H and O–H groups in total. The quantitative estimate of drug-likeness (QED) is 0.746. The van der Waals surface area contributed by atoms with Crippen molar-refractivity contribution in [3.05, 3.63) is 71.6 Å². The molecule has 0 radical (unpaired) electrons. The standard InChI is InChI=1S/C22H25FN2O3/c1-27-19-9-6-18(7-10-19)21(16-25-12-14-28-15-13-25)24-22(26)11-8-17-4-2-3-5-20(17)23/h2-11,21H,12-16H2,1H3,(H,24,26)/b11-8-/t21-/m0/s1. The SMILES string of the molecule is COc1ccc([C@H](CN2CCOCC2)NC(=O)/C=C\c2ccccc2F)cc1. The Kier molecular flexibility index (Phi) is 7.17. The monoisotopic (exact) mass is 384 g/mol. The van der Waals surface area contributed by atoms with Gasteiger partial charge in [-0.25, -0.2) is 4.39 Å². The fourth-order valence-corrected chi connectivity index (χ4v) is 3.11. The zero-order valence-electron chi connectivity index (χ0n) is 15.9. The van der Waals surface area contributed by atoms with Crippen LogP contribution in [0.3, 0.4) is 0 Å². The van der Waals surface area contributed by atoms with Gasteiger partial charge in [-0.2, -0.15) is 0 Å². The summed E-state index contributed by atoms with van der Waals surface area (Å²) >= 11 is 0. The number of carbonyl (C=O) groups is 1. The number of hydrogen-bond donors (Lipinski definition) is 1. The molecule has 1 aliphatic heterocycles. The second-order valence-electron chi connectivity index (χ2n) is 6.60. The number of halogens is 1. The maximum absolute atomic E-state index is 13.7. The Hall–Kier alpha value is -2.70. The van der Waals surface area contributed by atoms with E-state index in [1.165, 1.54) is 18.2 Å². The maximum atomic E-state index is 13.7. The van der Waals surface area contributed by atoms with E-state index < -0.39 is 0 Å². The minimum absolute atomic E-state index is 0.193. The van der Waals surface area contributed by atoms with Crippen molar-refractivity contribution in [2.45, 2.75) is 6.04 Å². The highest BCUT2D eigenvalue weighted by Gasteiger charge is 2.19. The third-order valence-corrected chi connectivity index (χ3v) is 4.70. The molecule has 0 unspecified atom stereocenters. The third-order valence-electron chi connectivity index (χ3n) is 4.70. The summed E-state index contributed by atoms with van der Waals surface area (Å²) < 4.78 is 24.4. The van der Waals surface area contributed by atoms with Gasteiger partial charge in [0.05, 0.1) is 26.4 Å². The summed E-state index contributed by atoms with van der Waals surface area (Å²) in [5, 5.41) is 3.04. The van der Waals surface area contributed by atoms with Crippen molar-refractivity contribution < 1.29 is 18.7 Å². The first kappa shape index (κ1) is 20.0. The topological polar surface area (TPSA) is 50.8 Å². The van der Waals surface area contributed by atoms with Crippen molar-refractivity contribution in [3.63, 3.8) is 0 Å². The van der Waals surface area contributed by atoms with Crippen molar-refractivity contribution in [3.8, 4) is 5.75 Å². The Morgan fingerprint density at radius 2 is 1.93 bits per heavy atom. The Bertz CT molecular complexity index is 802. The van der Waals surface area contributed by atoms with Gasteiger partial charge < -0.3 is 14.8 Å². The number of hydrogen-bond acceptors (Lipinski definition) is 4. The predicted octanol–water partition coefficient (Wildman–Crippen LogP) is 3.04. The molecule has 1 fully saturated rings. The molecule has 2 aromatic rings. The van der Waals surface area contributed by atoms with Crippen LogP contribution in [-0.4, -0.2) is 50.8 Å². The molecule has 1 heterocycles. The fourth-order valence-electron chi connectivity index (χ4n) is 3.11. The molecule has 3 rings (SSSR count). The van der Waals surface area contributed by atoms with Crippen LogP contribution in [0.15, 0.2) is 54.6 Å². The second kappa shape index (κ2) is 10.0. The average molecular weight is 384 g/mol. The number of benzene rings is 2.